The van der Waals surface area contributed by atoms with Gasteiger partial charge < -0.3 is 9.47 Å². The van der Waals surface area contributed by atoms with Crippen LogP contribution in [0.1, 0.15) is 18.4 Å². The van der Waals surface area contributed by atoms with E-state index in [1.54, 1.807) is 30.0 Å². The van der Waals surface area contributed by atoms with Gasteiger partial charge in [0.15, 0.2) is 0 Å². The Bertz CT molecular complexity index is 915. The maximum Gasteiger partial charge on any atom is 0.264 e. The van der Waals surface area contributed by atoms with Crippen LogP contribution in [0.4, 0.5) is 0 Å². The number of nitrogens with zero attached hydrogens (tertiary/aromatic N) is 2. The van der Waals surface area contributed by atoms with E-state index in [0.717, 1.165) is 4.31 Å². The summed E-state index contributed by atoms with van der Waals surface area (Å²) in [5.41, 5.74) is 2.24. The molecule has 0 radical (unpaired) electrons. The average Bonchev–Trinajstić information content (AvgIpc) is 3.28. The van der Waals surface area contributed by atoms with E-state index < -0.39 is 28.1 Å². The van der Waals surface area contributed by atoms with Crippen LogP contribution >= 0.6 is 0 Å². The molecule has 3 rings (SSSR count). The monoisotopic (exact) mass is 421 g/mol. The highest BCUT2D eigenvalue weighted by Gasteiger charge is 2.42. The minimum Gasteiger partial charge on any atom is -0.497 e. The van der Waals surface area contributed by atoms with Crippen molar-refractivity contribution in [2.45, 2.75) is 36.4 Å². The van der Waals surface area contributed by atoms with Gasteiger partial charge in [-0.3, -0.25) is 15.0 Å². The largest absolute Gasteiger partial charge is 0.497 e. The van der Waals surface area contributed by atoms with Crippen molar-refractivity contribution in [2.75, 3.05) is 13.7 Å². The molecule has 0 bridgehead atoms. The Kier molecular flexibility index (Phi) is 6.80. The zero-order valence-corrected chi connectivity index (χ0v) is 16.7. The van der Waals surface area contributed by atoms with Gasteiger partial charge in [0, 0.05) is 25.5 Å². The van der Waals surface area contributed by atoms with E-state index >= 15 is 0 Å². The van der Waals surface area contributed by atoms with E-state index in [0.29, 0.717) is 30.8 Å². The summed E-state index contributed by atoms with van der Waals surface area (Å²) in [6.45, 7) is 0.334. The molecule has 2 N–H and O–H groups in total. The van der Waals surface area contributed by atoms with Crippen LogP contribution in [-0.4, -0.2) is 54.7 Å². The van der Waals surface area contributed by atoms with E-state index in [1.807, 2.05) is 0 Å². The molecule has 2 heterocycles. The lowest BCUT2D eigenvalue weighted by Crippen LogP contribution is -2.54. The van der Waals surface area contributed by atoms with Crippen LogP contribution in [0.2, 0.25) is 0 Å². The molecule has 1 aliphatic heterocycles. The van der Waals surface area contributed by atoms with Crippen molar-refractivity contribution in [1.82, 2.24) is 14.8 Å². The molecule has 1 amide bonds. The second-order valence-corrected chi connectivity index (χ2v) is 8.44. The lowest BCUT2D eigenvalue weighted by Gasteiger charge is -2.32. The fraction of sp³-hybridized carbons (Fsp3) is 0.368. The molecule has 0 aliphatic carbocycles. The third-order valence-corrected chi connectivity index (χ3v) is 6.60. The Labute approximate surface area is 169 Å². The first kappa shape index (κ1) is 21.2. The molecular formula is C19H23N3O6S. The number of benzene rings is 1. The fourth-order valence-electron chi connectivity index (χ4n) is 3.29. The van der Waals surface area contributed by atoms with Gasteiger partial charge in [-0.1, -0.05) is 0 Å². The van der Waals surface area contributed by atoms with Crippen LogP contribution in [0.25, 0.3) is 0 Å². The highest BCUT2D eigenvalue weighted by molar-refractivity contribution is 7.89. The molecule has 1 saturated heterocycles. The predicted octanol–water partition coefficient (Wildman–Crippen LogP) is 1.33. The number of hydrogen-bond donors (Lipinski definition) is 2. The maximum atomic E-state index is 13.5. The number of pyridine rings is 1. The number of methoxy groups -OCH3 is 1. The molecule has 2 atom stereocenters. The predicted molar refractivity (Wildman–Crippen MR) is 103 cm³/mol. The summed E-state index contributed by atoms with van der Waals surface area (Å²) in [6.07, 6.45) is 3.62. The second-order valence-electron chi connectivity index (χ2n) is 6.55. The highest BCUT2D eigenvalue weighted by Crippen LogP contribution is 2.28. The lowest BCUT2D eigenvalue weighted by molar-refractivity contribution is -0.137. The summed E-state index contributed by atoms with van der Waals surface area (Å²) in [5.74, 6) is -0.337. The third kappa shape index (κ3) is 4.73. The van der Waals surface area contributed by atoms with Gasteiger partial charge >= 0.3 is 0 Å². The Morgan fingerprint density at radius 2 is 2.00 bits per heavy atom. The standard InChI is InChI=1S/C19H23N3O6S/c1-27-15-4-6-16(7-5-15)29(25,26)22(13-14-8-10-20-11-9-14)18(19(23)21-24)17-3-2-12-28-17/h4-11,17-18,24H,2-3,12-13H2,1H3,(H,21,23)/t17?,18-/m1/s1. The molecule has 1 aromatic heterocycles. The smallest absolute Gasteiger partial charge is 0.264 e. The van der Waals surface area contributed by atoms with Crippen molar-refractivity contribution in [3.8, 4) is 5.75 Å². The van der Waals surface area contributed by atoms with Gasteiger partial charge in [0.25, 0.3) is 5.91 Å². The quantitative estimate of drug-likeness (QED) is 0.488. The number of sulfonamides is 1. The molecule has 10 heteroatoms. The zero-order chi connectivity index (χ0) is 20.9. The van der Waals surface area contributed by atoms with Crippen LogP contribution < -0.4 is 10.2 Å². The summed E-state index contributed by atoms with van der Waals surface area (Å²) < 4.78 is 38.8. The molecule has 1 unspecified atom stereocenters. The van der Waals surface area contributed by atoms with Crippen molar-refractivity contribution >= 4 is 15.9 Å². The molecular weight excluding hydrogens is 398 g/mol. The van der Waals surface area contributed by atoms with Crippen LogP contribution in [0.5, 0.6) is 5.75 Å². The Morgan fingerprint density at radius 1 is 1.31 bits per heavy atom. The van der Waals surface area contributed by atoms with E-state index in [-0.39, 0.29) is 11.4 Å². The molecule has 9 nitrogen and oxygen atoms in total. The first-order valence-electron chi connectivity index (χ1n) is 9.07. The molecule has 2 aromatic rings. The topological polar surface area (TPSA) is 118 Å². The minimum absolute atomic E-state index is 0.00101. The Balaban J connectivity index is 2.05. The number of rotatable bonds is 8. The highest BCUT2D eigenvalue weighted by atomic mass is 32.2. The number of aromatic nitrogens is 1. The summed E-state index contributed by atoms with van der Waals surface area (Å²) in [5, 5.41) is 9.28. The molecule has 1 fully saturated rings. The first-order valence-corrected chi connectivity index (χ1v) is 10.5. The third-order valence-electron chi connectivity index (χ3n) is 4.76. The first-order chi connectivity index (χ1) is 14.0. The van der Waals surface area contributed by atoms with Gasteiger partial charge in [0.1, 0.15) is 11.8 Å². The Morgan fingerprint density at radius 3 is 2.55 bits per heavy atom. The van der Waals surface area contributed by atoms with Crippen LogP contribution in [0.3, 0.4) is 0 Å². The molecule has 29 heavy (non-hydrogen) atoms. The second kappa shape index (κ2) is 9.31. The van der Waals surface area contributed by atoms with Crippen molar-refractivity contribution in [1.29, 1.82) is 0 Å². The van der Waals surface area contributed by atoms with Gasteiger partial charge in [0.2, 0.25) is 10.0 Å². The number of nitrogens with one attached hydrogen (secondary N) is 1. The van der Waals surface area contributed by atoms with Crippen LogP contribution in [0.15, 0.2) is 53.7 Å². The number of carbonyl (C=O) groups excluding carboxylic acids is 1. The molecule has 1 aliphatic rings. The normalized spacial score (nSPS) is 17.8. The van der Waals surface area contributed by atoms with Gasteiger partial charge in [-0.15, -0.1) is 0 Å². The van der Waals surface area contributed by atoms with Crippen LogP contribution in [-0.2, 0) is 26.1 Å². The van der Waals surface area contributed by atoms with Crippen molar-refractivity contribution in [3.05, 3.63) is 54.4 Å². The molecule has 0 spiro atoms. The summed E-state index contributed by atoms with van der Waals surface area (Å²) in [7, 11) is -2.63. The summed E-state index contributed by atoms with van der Waals surface area (Å²) >= 11 is 0. The van der Waals surface area contributed by atoms with Gasteiger partial charge in [-0.2, -0.15) is 4.31 Å². The van der Waals surface area contributed by atoms with E-state index in [9.17, 15) is 18.4 Å². The minimum atomic E-state index is -4.11. The van der Waals surface area contributed by atoms with Crippen LogP contribution in [0, 0.1) is 0 Å². The molecule has 156 valence electrons. The summed E-state index contributed by atoms with van der Waals surface area (Å²) in [6, 6.07) is 7.99. The van der Waals surface area contributed by atoms with Gasteiger partial charge in [-0.05, 0) is 54.8 Å². The number of hydroxylamine groups is 1. The van der Waals surface area contributed by atoms with Crippen molar-refractivity contribution < 1.29 is 27.9 Å². The fourth-order valence-corrected chi connectivity index (χ4v) is 4.89. The maximum absolute atomic E-state index is 13.5. The van der Waals surface area contributed by atoms with E-state index in [1.165, 1.54) is 31.4 Å². The van der Waals surface area contributed by atoms with Gasteiger partial charge in [-0.25, -0.2) is 13.9 Å². The SMILES string of the molecule is COc1ccc(S(=O)(=O)N(Cc2ccncc2)[C@@H](C(=O)NO)C2CCCO2)cc1. The van der Waals surface area contributed by atoms with E-state index in [2.05, 4.69) is 4.98 Å². The lowest BCUT2D eigenvalue weighted by atomic mass is 10.1. The average molecular weight is 421 g/mol. The Hall–Kier alpha value is -2.53. The zero-order valence-electron chi connectivity index (χ0n) is 15.9. The molecule has 0 saturated carbocycles. The number of carbonyl (C=O) groups is 1. The number of hydrogen-bond acceptors (Lipinski definition) is 7. The van der Waals surface area contributed by atoms with Crippen molar-refractivity contribution in [3.63, 3.8) is 0 Å². The summed E-state index contributed by atoms with van der Waals surface area (Å²) in [4.78, 5) is 16.5. The number of amides is 1. The number of ether oxygens (including phenoxy) is 2. The van der Waals surface area contributed by atoms with Gasteiger partial charge in [0.05, 0.1) is 18.1 Å². The molecule has 1 aromatic carbocycles. The van der Waals surface area contributed by atoms with Crippen molar-refractivity contribution in [2.24, 2.45) is 0 Å². The van der Waals surface area contributed by atoms with E-state index in [4.69, 9.17) is 9.47 Å².